The average molecular weight is 378 g/mol. The molecule has 0 bridgehead atoms. The minimum atomic E-state index is 0.794. The summed E-state index contributed by atoms with van der Waals surface area (Å²) in [6.07, 6.45) is 0. The quantitative estimate of drug-likeness (QED) is 0.593. The summed E-state index contributed by atoms with van der Waals surface area (Å²) < 4.78 is 0. The zero-order chi connectivity index (χ0) is 18.6. The van der Waals surface area contributed by atoms with Crippen molar-refractivity contribution in [1.82, 2.24) is 9.91 Å². The van der Waals surface area contributed by atoms with E-state index in [-0.39, 0.29) is 0 Å². The molecule has 0 aliphatic carbocycles. The molecule has 0 aromatic heterocycles. The molecular weight excluding hydrogens is 354 g/mol. The molecule has 3 nitrogen and oxygen atoms in total. The molecule has 1 aliphatic heterocycles. The minimum absolute atomic E-state index is 0.794. The van der Waals surface area contributed by atoms with Crippen LogP contribution in [0.1, 0.15) is 18.1 Å². The van der Waals surface area contributed by atoms with Crippen LogP contribution in [0.3, 0.4) is 0 Å². The van der Waals surface area contributed by atoms with Gasteiger partial charge in [-0.05, 0) is 47.0 Å². The molecule has 4 rings (SSSR count). The summed E-state index contributed by atoms with van der Waals surface area (Å²) in [5.74, 6) is 0. The number of piperazine rings is 1. The highest BCUT2D eigenvalue weighted by Gasteiger charge is 2.16. The van der Waals surface area contributed by atoms with Gasteiger partial charge in [-0.3, -0.25) is 9.91 Å². The van der Waals surface area contributed by atoms with Gasteiger partial charge in [-0.1, -0.05) is 60.1 Å². The fourth-order valence-corrected chi connectivity index (χ4v) is 3.65. The number of halogens is 1. The lowest BCUT2D eigenvalue weighted by Crippen LogP contribution is -2.43. The normalized spacial score (nSPS) is 16.1. The maximum atomic E-state index is 5.97. The molecular formula is C23H24ClN3. The summed E-state index contributed by atoms with van der Waals surface area (Å²) in [5.41, 5.74) is 3.58. The van der Waals surface area contributed by atoms with Gasteiger partial charge in [-0.15, -0.1) is 0 Å². The highest BCUT2D eigenvalue weighted by atomic mass is 35.5. The predicted molar refractivity (Wildman–Crippen MR) is 114 cm³/mol. The molecule has 1 aliphatic rings. The fourth-order valence-electron chi connectivity index (χ4n) is 3.53. The molecule has 0 amide bonds. The Kier molecular flexibility index (Phi) is 5.42. The van der Waals surface area contributed by atoms with Gasteiger partial charge in [0.2, 0.25) is 0 Å². The number of benzene rings is 3. The zero-order valence-corrected chi connectivity index (χ0v) is 16.4. The Morgan fingerprint density at radius 2 is 1.59 bits per heavy atom. The van der Waals surface area contributed by atoms with Crippen molar-refractivity contribution >= 4 is 28.1 Å². The van der Waals surface area contributed by atoms with Crippen LogP contribution in [0.15, 0.2) is 71.8 Å². The molecule has 0 radical (unpaired) electrons. The Bertz CT molecular complexity index is 941. The summed E-state index contributed by atoms with van der Waals surface area (Å²) >= 11 is 5.97. The number of fused-ring (bicyclic) bond motifs is 1. The number of hydrogen-bond acceptors (Lipinski definition) is 3. The fraction of sp³-hybridized carbons (Fsp3) is 0.261. The Morgan fingerprint density at radius 3 is 2.33 bits per heavy atom. The minimum Gasteiger partial charge on any atom is -0.295 e. The summed E-state index contributed by atoms with van der Waals surface area (Å²) in [5, 5.41) is 10.4. The van der Waals surface area contributed by atoms with Gasteiger partial charge >= 0.3 is 0 Å². The highest BCUT2D eigenvalue weighted by Crippen LogP contribution is 2.17. The maximum Gasteiger partial charge on any atom is 0.0646 e. The van der Waals surface area contributed by atoms with Gasteiger partial charge in [-0.25, -0.2) is 0 Å². The van der Waals surface area contributed by atoms with Gasteiger partial charge in [0.25, 0.3) is 0 Å². The lowest BCUT2D eigenvalue weighted by molar-refractivity contribution is 0.130. The molecule has 3 aromatic carbocycles. The van der Waals surface area contributed by atoms with E-state index >= 15 is 0 Å². The van der Waals surface area contributed by atoms with Crippen LogP contribution in [-0.2, 0) is 6.54 Å². The van der Waals surface area contributed by atoms with E-state index in [1.807, 2.05) is 12.1 Å². The zero-order valence-electron chi connectivity index (χ0n) is 15.6. The molecule has 0 N–H and O–H groups in total. The second-order valence-electron chi connectivity index (χ2n) is 7.10. The molecule has 1 fully saturated rings. The monoisotopic (exact) mass is 377 g/mol. The second-order valence-corrected chi connectivity index (χ2v) is 7.54. The molecule has 0 saturated carbocycles. The SMILES string of the molecule is C/C(=N/N1CCN(Cc2ccc(Cl)cc2)CC1)c1ccc2ccccc2c1. The van der Waals surface area contributed by atoms with Crippen LogP contribution in [0.5, 0.6) is 0 Å². The molecule has 3 aromatic rings. The average Bonchev–Trinajstić information content (AvgIpc) is 2.71. The van der Waals surface area contributed by atoms with Crippen LogP contribution in [0.4, 0.5) is 0 Å². The van der Waals surface area contributed by atoms with Gasteiger partial charge < -0.3 is 0 Å². The van der Waals surface area contributed by atoms with Crippen molar-refractivity contribution in [2.45, 2.75) is 13.5 Å². The van der Waals surface area contributed by atoms with E-state index in [1.54, 1.807) is 0 Å². The Morgan fingerprint density at radius 1 is 0.889 bits per heavy atom. The van der Waals surface area contributed by atoms with E-state index in [2.05, 4.69) is 71.4 Å². The Hall–Kier alpha value is -2.36. The molecule has 0 unspecified atom stereocenters. The van der Waals surface area contributed by atoms with Gasteiger partial charge in [0.15, 0.2) is 0 Å². The Labute approximate surface area is 165 Å². The van der Waals surface area contributed by atoms with E-state index in [1.165, 1.54) is 21.9 Å². The maximum absolute atomic E-state index is 5.97. The topological polar surface area (TPSA) is 18.8 Å². The summed E-state index contributed by atoms with van der Waals surface area (Å²) in [6, 6.07) is 23.2. The largest absolute Gasteiger partial charge is 0.295 e. The van der Waals surface area contributed by atoms with Crippen LogP contribution in [-0.4, -0.2) is 41.8 Å². The molecule has 0 spiro atoms. The number of rotatable bonds is 4. The van der Waals surface area contributed by atoms with E-state index in [4.69, 9.17) is 16.7 Å². The molecule has 4 heteroatoms. The lowest BCUT2D eigenvalue weighted by atomic mass is 10.0. The lowest BCUT2D eigenvalue weighted by Gasteiger charge is -2.33. The smallest absolute Gasteiger partial charge is 0.0646 e. The van der Waals surface area contributed by atoms with Crippen molar-refractivity contribution in [2.24, 2.45) is 5.10 Å². The van der Waals surface area contributed by atoms with Crippen LogP contribution in [0.2, 0.25) is 5.02 Å². The van der Waals surface area contributed by atoms with Crippen LogP contribution in [0, 0.1) is 0 Å². The first-order valence-corrected chi connectivity index (χ1v) is 9.81. The number of hydrogen-bond donors (Lipinski definition) is 0. The van der Waals surface area contributed by atoms with Crippen LogP contribution >= 0.6 is 11.6 Å². The van der Waals surface area contributed by atoms with E-state index in [0.29, 0.717) is 0 Å². The predicted octanol–water partition coefficient (Wildman–Crippen LogP) is 5.04. The molecule has 1 heterocycles. The summed E-state index contributed by atoms with van der Waals surface area (Å²) in [7, 11) is 0. The van der Waals surface area contributed by atoms with Gasteiger partial charge in [0.05, 0.1) is 5.71 Å². The molecule has 0 atom stereocenters. The molecule has 27 heavy (non-hydrogen) atoms. The van der Waals surface area contributed by atoms with Gasteiger partial charge in [0, 0.05) is 37.7 Å². The van der Waals surface area contributed by atoms with Gasteiger partial charge in [0.1, 0.15) is 0 Å². The standard InChI is InChI=1S/C23H24ClN3/c1-18(21-9-8-20-4-2-3-5-22(20)16-21)25-27-14-12-26(13-15-27)17-19-6-10-23(24)11-7-19/h2-11,16H,12-15,17H2,1H3/b25-18-. The van der Waals surface area contributed by atoms with Gasteiger partial charge in [-0.2, -0.15) is 5.10 Å². The van der Waals surface area contributed by atoms with Crippen molar-refractivity contribution in [1.29, 1.82) is 0 Å². The van der Waals surface area contributed by atoms with E-state index in [0.717, 1.165) is 43.5 Å². The van der Waals surface area contributed by atoms with Crippen molar-refractivity contribution in [3.8, 4) is 0 Å². The third kappa shape index (κ3) is 4.49. The summed E-state index contributed by atoms with van der Waals surface area (Å²) in [6.45, 7) is 7.04. The first-order chi connectivity index (χ1) is 13.2. The molecule has 1 saturated heterocycles. The number of hydrazone groups is 1. The first kappa shape index (κ1) is 18.0. The van der Waals surface area contributed by atoms with Crippen molar-refractivity contribution < 1.29 is 0 Å². The van der Waals surface area contributed by atoms with Crippen molar-refractivity contribution in [2.75, 3.05) is 26.2 Å². The highest BCUT2D eigenvalue weighted by molar-refractivity contribution is 6.30. The van der Waals surface area contributed by atoms with Crippen LogP contribution in [0.25, 0.3) is 10.8 Å². The second kappa shape index (κ2) is 8.12. The number of nitrogens with zero attached hydrogens (tertiary/aromatic N) is 3. The summed E-state index contributed by atoms with van der Waals surface area (Å²) in [4.78, 5) is 2.47. The third-order valence-corrected chi connectivity index (χ3v) is 5.38. The Balaban J connectivity index is 1.37. The van der Waals surface area contributed by atoms with Crippen molar-refractivity contribution in [3.63, 3.8) is 0 Å². The third-order valence-electron chi connectivity index (χ3n) is 5.13. The van der Waals surface area contributed by atoms with E-state index < -0.39 is 0 Å². The van der Waals surface area contributed by atoms with Crippen molar-refractivity contribution in [3.05, 3.63) is 82.9 Å². The van der Waals surface area contributed by atoms with Crippen LogP contribution < -0.4 is 0 Å². The first-order valence-electron chi connectivity index (χ1n) is 9.43. The van der Waals surface area contributed by atoms with E-state index in [9.17, 15) is 0 Å². The molecule has 138 valence electrons.